The van der Waals surface area contributed by atoms with Crippen molar-refractivity contribution in [2.24, 2.45) is 11.8 Å². The largest absolute Gasteiger partial charge is 0.465 e. The number of hydrogen-bond acceptors (Lipinski definition) is 9. The number of hydrogen-bond donors (Lipinski definition) is 3. The molecule has 0 aromatic carbocycles. The van der Waals surface area contributed by atoms with Crippen LogP contribution in [0.2, 0.25) is 0 Å². The number of rotatable bonds is 65. The van der Waals surface area contributed by atoms with Gasteiger partial charge in [0.2, 0.25) is 11.8 Å². The number of nitrogens with one attached hydrogen (secondary N) is 3. The molecule has 502 valence electrons. The molecule has 0 bridgehead atoms. The number of unbranched alkanes of at least 4 members (excludes halogenated alkanes) is 36. The van der Waals surface area contributed by atoms with Crippen molar-refractivity contribution in [2.45, 2.75) is 375 Å². The van der Waals surface area contributed by atoms with Crippen LogP contribution in [0.1, 0.15) is 370 Å². The smallest absolute Gasteiger partial charge is 0.407 e. The number of alkyl carbamates (subject to hydrolysis) is 1. The van der Waals surface area contributed by atoms with E-state index >= 15 is 0 Å². The SMILES string of the molecule is CCCCCCCCCCCCC(CCCCCCCCCC)COC(=O)CCCCCNC(=O)CCN(CCNC(=O)OC(C)(C)C)CCC(=O)NCCCCCC(=O)OCC(CCCCCCCCCC)CCCCCCCCCCCC. The first-order chi connectivity index (χ1) is 41.3. The standard InChI is InChI=1S/C73H142N4O8/c1-8-12-16-20-24-28-30-34-38-44-52-66(50-42-36-32-26-22-18-14-10-3)64-83-70(80)54-46-40-48-58-74-68(78)56-61-77(63-60-76-72(82)85-73(5,6)7)62-57-69(79)75-59-49-41-47-55-71(81)84-65-67(51-43-37-33-27-23-19-15-11-4)53-45-39-35-31-29-25-21-17-13-9-2/h66-67H,8-65H2,1-7H3,(H,74,78)(H,75,79)(H,76,82). The van der Waals surface area contributed by atoms with Gasteiger partial charge in [-0.25, -0.2) is 4.79 Å². The molecule has 0 aliphatic rings. The second kappa shape index (κ2) is 62.7. The zero-order chi connectivity index (χ0) is 62.4. The fourth-order valence-electron chi connectivity index (χ4n) is 11.4. The van der Waals surface area contributed by atoms with Crippen molar-refractivity contribution >= 4 is 29.8 Å². The summed E-state index contributed by atoms with van der Waals surface area (Å²) >= 11 is 0. The van der Waals surface area contributed by atoms with Crippen LogP contribution in [0.15, 0.2) is 0 Å². The van der Waals surface area contributed by atoms with Gasteiger partial charge in [-0.3, -0.25) is 19.2 Å². The van der Waals surface area contributed by atoms with Gasteiger partial charge in [0.15, 0.2) is 0 Å². The highest BCUT2D eigenvalue weighted by Crippen LogP contribution is 2.23. The molecule has 0 saturated carbocycles. The Kier molecular flexibility index (Phi) is 60.6. The van der Waals surface area contributed by atoms with Crippen LogP contribution in [0.5, 0.6) is 0 Å². The molecule has 0 heterocycles. The first-order valence-corrected chi connectivity index (χ1v) is 36.9. The fraction of sp³-hybridized carbons (Fsp3) is 0.932. The molecule has 0 spiro atoms. The maximum atomic E-state index is 13.0. The maximum absolute atomic E-state index is 13.0. The molecule has 3 amide bonds. The molecule has 12 heteroatoms. The van der Waals surface area contributed by atoms with E-state index in [0.29, 0.717) is 77.2 Å². The number of esters is 2. The highest BCUT2D eigenvalue weighted by atomic mass is 16.6. The molecule has 0 saturated heterocycles. The quantitative estimate of drug-likeness (QED) is 0.0307. The molecule has 0 aromatic heterocycles. The van der Waals surface area contributed by atoms with Crippen LogP contribution in [0, 0.1) is 11.8 Å². The van der Waals surface area contributed by atoms with Gasteiger partial charge in [0.1, 0.15) is 5.60 Å². The molecular weight excluding hydrogens is 1060 g/mol. The molecule has 0 aliphatic carbocycles. The normalized spacial score (nSPS) is 12.3. The van der Waals surface area contributed by atoms with Crippen LogP contribution in [-0.2, 0) is 33.4 Å². The predicted molar refractivity (Wildman–Crippen MR) is 359 cm³/mol. The summed E-state index contributed by atoms with van der Waals surface area (Å²) < 4.78 is 17.2. The van der Waals surface area contributed by atoms with Crippen molar-refractivity contribution in [1.82, 2.24) is 20.9 Å². The van der Waals surface area contributed by atoms with Crippen LogP contribution in [0.4, 0.5) is 4.79 Å². The maximum Gasteiger partial charge on any atom is 0.407 e. The minimum Gasteiger partial charge on any atom is -0.465 e. The Balaban J connectivity index is 4.77. The van der Waals surface area contributed by atoms with E-state index < -0.39 is 11.7 Å². The van der Waals surface area contributed by atoms with Crippen LogP contribution in [0.3, 0.4) is 0 Å². The average molecular weight is 1200 g/mol. The van der Waals surface area contributed by atoms with Gasteiger partial charge in [-0.2, -0.15) is 0 Å². The summed E-state index contributed by atoms with van der Waals surface area (Å²) in [5, 5.41) is 8.88. The van der Waals surface area contributed by atoms with Crippen LogP contribution in [-0.4, -0.2) is 92.8 Å². The van der Waals surface area contributed by atoms with E-state index in [1.54, 1.807) is 0 Å². The zero-order valence-electron chi connectivity index (χ0n) is 57.4. The van der Waals surface area contributed by atoms with Crippen molar-refractivity contribution in [3.63, 3.8) is 0 Å². The summed E-state index contributed by atoms with van der Waals surface area (Å²) in [5.74, 6) is 0.574. The molecule has 2 unspecified atom stereocenters. The summed E-state index contributed by atoms with van der Waals surface area (Å²) in [6, 6.07) is 0. The topological polar surface area (TPSA) is 152 Å². The molecular formula is C73H142N4O8. The second-order valence-electron chi connectivity index (χ2n) is 26.7. The summed E-state index contributed by atoms with van der Waals surface area (Å²) in [4.78, 5) is 66.1. The second-order valence-corrected chi connectivity index (χ2v) is 26.7. The Labute approximate surface area is 526 Å². The van der Waals surface area contributed by atoms with E-state index in [1.165, 1.54) is 231 Å². The monoisotopic (exact) mass is 1200 g/mol. The van der Waals surface area contributed by atoms with Crippen molar-refractivity contribution in [3.8, 4) is 0 Å². The summed E-state index contributed by atoms with van der Waals surface area (Å²) in [5.41, 5.74) is -0.615. The Morgan fingerprint density at radius 2 is 0.612 bits per heavy atom. The lowest BCUT2D eigenvalue weighted by atomic mass is 9.94. The third kappa shape index (κ3) is 62.5. The Hall–Kier alpha value is -2.89. The number of amides is 3. The molecule has 0 rings (SSSR count). The third-order valence-corrected chi connectivity index (χ3v) is 17.0. The molecule has 12 nitrogen and oxygen atoms in total. The van der Waals surface area contributed by atoms with Crippen LogP contribution < -0.4 is 16.0 Å². The Morgan fingerprint density at radius 1 is 0.329 bits per heavy atom. The first kappa shape index (κ1) is 82.1. The Bertz CT molecular complexity index is 1410. The highest BCUT2D eigenvalue weighted by molar-refractivity contribution is 5.76. The van der Waals surface area contributed by atoms with Crippen molar-refractivity contribution in [3.05, 3.63) is 0 Å². The fourth-order valence-corrected chi connectivity index (χ4v) is 11.4. The van der Waals surface area contributed by atoms with Gasteiger partial charge in [0.25, 0.3) is 0 Å². The molecule has 0 fully saturated rings. The van der Waals surface area contributed by atoms with Gasteiger partial charge in [-0.05, 0) is 84.0 Å². The molecule has 85 heavy (non-hydrogen) atoms. The zero-order valence-corrected chi connectivity index (χ0v) is 57.4. The summed E-state index contributed by atoms with van der Waals surface area (Å²) in [7, 11) is 0. The van der Waals surface area contributed by atoms with E-state index in [-0.39, 0.29) is 36.6 Å². The van der Waals surface area contributed by atoms with Crippen LogP contribution >= 0.6 is 0 Å². The van der Waals surface area contributed by atoms with Gasteiger partial charge in [-0.15, -0.1) is 0 Å². The van der Waals surface area contributed by atoms with Gasteiger partial charge in [0, 0.05) is 65.0 Å². The van der Waals surface area contributed by atoms with E-state index in [0.717, 1.165) is 64.2 Å². The molecule has 3 N–H and O–H groups in total. The lowest BCUT2D eigenvalue weighted by Gasteiger charge is -2.23. The number of nitrogens with zero attached hydrogens (tertiary/aromatic N) is 1. The highest BCUT2D eigenvalue weighted by Gasteiger charge is 2.18. The summed E-state index contributed by atoms with van der Waals surface area (Å²) in [6.07, 6.45) is 57.8. The number of carbonyl (C=O) groups excluding carboxylic acids is 5. The van der Waals surface area contributed by atoms with Crippen molar-refractivity contribution in [2.75, 3.05) is 52.5 Å². The number of carbonyl (C=O) groups is 5. The Morgan fingerprint density at radius 3 is 0.906 bits per heavy atom. The third-order valence-electron chi connectivity index (χ3n) is 17.0. The van der Waals surface area contributed by atoms with Gasteiger partial charge in [0.05, 0.1) is 13.2 Å². The van der Waals surface area contributed by atoms with E-state index in [1.807, 2.05) is 25.7 Å². The van der Waals surface area contributed by atoms with Crippen molar-refractivity contribution < 1.29 is 38.2 Å². The number of ether oxygens (including phenoxy) is 3. The predicted octanol–water partition coefficient (Wildman–Crippen LogP) is 19.9. The first-order valence-electron chi connectivity index (χ1n) is 36.9. The van der Waals surface area contributed by atoms with Crippen molar-refractivity contribution in [1.29, 1.82) is 0 Å². The van der Waals surface area contributed by atoms with E-state index in [9.17, 15) is 24.0 Å². The van der Waals surface area contributed by atoms with Gasteiger partial charge >= 0.3 is 18.0 Å². The minimum absolute atomic E-state index is 0.0641. The molecule has 0 aromatic rings. The minimum atomic E-state index is -0.615. The van der Waals surface area contributed by atoms with E-state index in [2.05, 4.69) is 43.6 Å². The average Bonchev–Trinajstić information content (AvgIpc) is 3.49. The molecule has 2 atom stereocenters. The summed E-state index contributed by atoms with van der Waals surface area (Å²) in [6.45, 7) is 18.4. The van der Waals surface area contributed by atoms with Crippen LogP contribution in [0.25, 0.3) is 0 Å². The van der Waals surface area contributed by atoms with E-state index in [4.69, 9.17) is 14.2 Å². The van der Waals surface area contributed by atoms with Gasteiger partial charge < -0.3 is 35.1 Å². The molecule has 0 radical (unpaired) electrons. The lowest BCUT2D eigenvalue weighted by molar-refractivity contribution is -0.146. The van der Waals surface area contributed by atoms with Gasteiger partial charge in [-0.1, -0.05) is 272 Å². The molecule has 0 aliphatic heterocycles. The lowest BCUT2D eigenvalue weighted by Crippen LogP contribution is -2.40.